The zero-order valence-corrected chi connectivity index (χ0v) is 30.9. The van der Waals surface area contributed by atoms with E-state index in [1.807, 2.05) is 53.8 Å². The fraction of sp³-hybridized carbons (Fsp3) is 0. The van der Waals surface area contributed by atoms with Crippen LogP contribution in [0.5, 0.6) is 0 Å². The zero-order chi connectivity index (χ0) is 37.0. The number of furan rings is 1. The maximum atomic E-state index is 6.98. The standard InChI is InChI=1S/C51H31N3OS/c1-4-13-32(14-5-1)34-25-27-36(28-26-34)50-52-49(35-17-8-3-9-18-35)53-51(54-50)44-24-11-20-40-39-19-10-21-41(46(39)55-47(40)44)43-23-12-22-42-38-30-29-37(31-45(38)56-48(42)43)33-15-6-2-7-16-33/h1-31H. The lowest BCUT2D eigenvalue weighted by Gasteiger charge is -2.09. The molecule has 0 unspecified atom stereocenters. The van der Waals surface area contributed by atoms with E-state index in [1.54, 1.807) is 0 Å². The quantitative estimate of drug-likeness (QED) is 0.171. The molecule has 0 saturated carbocycles. The second-order valence-corrected chi connectivity index (χ2v) is 15.0. The van der Waals surface area contributed by atoms with Gasteiger partial charge in [-0.05, 0) is 34.4 Å². The third kappa shape index (κ3) is 5.48. The minimum absolute atomic E-state index is 0.563. The maximum absolute atomic E-state index is 6.98. The van der Waals surface area contributed by atoms with Gasteiger partial charge in [-0.3, -0.25) is 0 Å². The average molecular weight is 734 g/mol. The number of fused-ring (bicyclic) bond motifs is 6. The average Bonchev–Trinajstić information content (AvgIpc) is 3.86. The summed E-state index contributed by atoms with van der Waals surface area (Å²) in [5.74, 6) is 1.78. The van der Waals surface area contributed by atoms with E-state index < -0.39 is 0 Å². The monoisotopic (exact) mass is 733 g/mol. The van der Waals surface area contributed by atoms with Crippen molar-refractivity contribution >= 4 is 53.4 Å². The number of benzene rings is 8. The van der Waals surface area contributed by atoms with Gasteiger partial charge in [-0.25, -0.2) is 15.0 Å². The fourth-order valence-corrected chi connectivity index (χ4v) is 9.08. The summed E-state index contributed by atoms with van der Waals surface area (Å²) in [5.41, 5.74) is 11.2. The van der Waals surface area contributed by atoms with Gasteiger partial charge < -0.3 is 4.42 Å². The molecule has 0 fully saturated rings. The molecule has 0 radical (unpaired) electrons. The van der Waals surface area contributed by atoms with Crippen molar-refractivity contribution in [2.24, 2.45) is 0 Å². The van der Waals surface area contributed by atoms with Gasteiger partial charge in [0.25, 0.3) is 0 Å². The Labute approximate surface area is 327 Å². The molecule has 0 spiro atoms. The van der Waals surface area contributed by atoms with Crippen LogP contribution in [0.2, 0.25) is 0 Å². The van der Waals surface area contributed by atoms with E-state index in [2.05, 4.69) is 146 Å². The number of rotatable bonds is 6. The van der Waals surface area contributed by atoms with Gasteiger partial charge in [-0.15, -0.1) is 11.3 Å². The molecule has 262 valence electrons. The van der Waals surface area contributed by atoms with Crippen LogP contribution in [0.3, 0.4) is 0 Å². The van der Waals surface area contributed by atoms with Gasteiger partial charge in [0.2, 0.25) is 0 Å². The molecule has 0 aliphatic carbocycles. The van der Waals surface area contributed by atoms with Gasteiger partial charge in [0.1, 0.15) is 11.2 Å². The highest BCUT2D eigenvalue weighted by atomic mass is 32.1. The molecular weight excluding hydrogens is 703 g/mol. The summed E-state index contributed by atoms with van der Waals surface area (Å²) in [6, 6.07) is 65.6. The van der Waals surface area contributed by atoms with E-state index in [4.69, 9.17) is 19.4 Å². The Hall–Kier alpha value is -7.21. The molecular formula is C51H31N3OS. The predicted molar refractivity (Wildman–Crippen MR) is 233 cm³/mol. The highest BCUT2D eigenvalue weighted by molar-refractivity contribution is 7.26. The van der Waals surface area contributed by atoms with Crippen molar-refractivity contribution in [3.8, 4) is 67.5 Å². The van der Waals surface area contributed by atoms with Crippen LogP contribution in [0.15, 0.2) is 192 Å². The van der Waals surface area contributed by atoms with E-state index in [0.29, 0.717) is 17.5 Å². The van der Waals surface area contributed by atoms with Crippen LogP contribution in [0, 0.1) is 0 Å². The molecule has 3 heterocycles. The molecule has 0 N–H and O–H groups in total. The molecule has 5 heteroatoms. The van der Waals surface area contributed by atoms with Crippen LogP contribution < -0.4 is 0 Å². The largest absolute Gasteiger partial charge is 0.455 e. The van der Waals surface area contributed by atoms with Gasteiger partial charge in [0.05, 0.1) is 5.56 Å². The second-order valence-electron chi connectivity index (χ2n) is 13.9. The van der Waals surface area contributed by atoms with Crippen molar-refractivity contribution in [1.29, 1.82) is 0 Å². The highest BCUT2D eigenvalue weighted by Crippen LogP contribution is 2.45. The number of hydrogen-bond donors (Lipinski definition) is 0. The first-order valence-corrected chi connectivity index (χ1v) is 19.5. The molecule has 0 amide bonds. The summed E-state index contributed by atoms with van der Waals surface area (Å²) in [6.45, 7) is 0. The van der Waals surface area contributed by atoms with Gasteiger partial charge in [0.15, 0.2) is 17.5 Å². The molecule has 0 aliphatic heterocycles. The lowest BCUT2D eigenvalue weighted by molar-refractivity contribution is 0.670. The number of thiophene rings is 1. The summed E-state index contributed by atoms with van der Waals surface area (Å²) in [4.78, 5) is 15.2. The Morgan fingerprint density at radius 1 is 0.321 bits per heavy atom. The molecule has 8 aromatic carbocycles. The van der Waals surface area contributed by atoms with Crippen LogP contribution >= 0.6 is 11.3 Å². The van der Waals surface area contributed by atoms with Crippen LogP contribution in [0.25, 0.3) is 110 Å². The predicted octanol–water partition coefficient (Wildman–Crippen LogP) is 14.1. The SMILES string of the molecule is c1ccc(-c2ccc(-c3nc(-c4ccccc4)nc(-c4cccc5c4oc4c(-c6cccc7c6sc6cc(-c8ccccc8)ccc67)cccc45)n3)cc2)cc1. The Morgan fingerprint density at radius 2 is 0.786 bits per heavy atom. The third-order valence-corrected chi connectivity index (χ3v) is 11.8. The molecule has 11 rings (SSSR count). The van der Waals surface area contributed by atoms with Gasteiger partial charge in [-0.1, -0.05) is 176 Å². The smallest absolute Gasteiger partial charge is 0.167 e. The number of hydrogen-bond acceptors (Lipinski definition) is 5. The van der Waals surface area contributed by atoms with E-state index in [-0.39, 0.29) is 0 Å². The molecule has 0 saturated heterocycles. The Bertz CT molecular complexity index is 3230. The molecule has 56 heavy (non-hydrogen) atoms. The maximum Gasteiger partial charge on any atom is 0.167 e. The molecule has 4 nitrogen and oxygen atoms in total. The van der Waals surface area contributed by atoms with Crippen LogP contribution in [0.1, 0.15) is 0 Å². The van der Waals surface area contributed by atoms with E-state index in [0.717, 1.165) is 60.9 Å². The lowest BCUT2D eigenvalue weighted by atomic mass is 9.99. The van der Waals surface area contributed by atoms with E-state index in [9.17, 15) is 0 Å². The van der Waals surface area contributed by atoms with Crippen molar-refractivity contribution in [2.45, 2.75) is 0 Å². The molecule has 0 atom stereocenters. The number of para-hydroxylation sites is 2. The highest BCUT2D eigenvalue weighted by Gasteiger charge is 2.21. The Balaban J connectivity index is 1.07. The fourth-order valence-electron chi connectivity index (χ4n) is 7.81. The van der Waals surface area contributed by atoms with E-state index >= 15 is 0 Å². The number of nitrogens with zero attached hydrogens (tertiary/aromatic N) is 3. The van der Waals surface area contributed by atoms with Crippen molar-refractivity contribution in [2.75, 3.05) is 0 Å². The lowest BCUT2D eigenvalue weighted by Crippen LogP contribution is -2.00. The summed E-state index contributed by atoms with van der Waals surface area (Å²) in [5, 5.41) is 4.59. The third-order valence-electron chi connectivity index (χ3n) is 10.6. The molecule has 0 aliphatic rings. The van der Waals surface area contributed by atoms with Crippen molar-refractivity contribution in [3.05, 3.63) is 188 Å². The first-order valence-electron chi connectivity index (χ1n) is 18.7. The Morgan fingerprint density at radius 3 is 1.45 bits per heavy atom. The van der Waals surface area contributed by atoms with Gasteiger partial charge in [0, 0.05) is 53.2 Å². The van der Waals surface area contributed by atoms with E-state index in [1.165, 1.54) is 31.3 Å². The topological polar surface area (TPSA) is 51.8 Å². The summed E-state index contributed by atoms with van der Waals surface area (Å²) < 4.78 is 9.49. The summed E-state index contributed by atoms with van der Waals surface area (Å²) in [7, 11) is 0. The molecule has 0 bridgehead atoms. The Kier molecular flexibility index (Phi) is 7.64. The van der Waals surface area contributed by atoms with Crippen molar-refractivity contribution in [3.63, 3.8) is 0 Å². The van der Waals surface area contributed by atoms with Gasteiger partial charge in [-0.2, -0.15) is 0 Å². The van der Waals surface area contributed by atoms with Crippen molar-refractivity contribution in [1.82, 2.24) is 15.0 Å². The number of aromatic nitrogens is 3. The minimum Gasteiger partial charge on any atom is -0.455 e. The van der Waals surface area contributed by atoms with Crippen LogP contribution in [-0.4, -0.2) is 15.0 Å². The van der Waals surface area contributed by atoms with Crippen LogP contribution in [0.4, 0.5) is 0 Å². The second kappa shape index (κ2) is 13.3. The minimum atomic E-state index is 0.563. The first kappa shape index (κ1) is 32.2. The first-order chi connectivity index (χ1) is 27.7. The van der Waals surface area contributed by atoms with Crippen molar-refractivity contribution < 1.29 is 4.42 Å². The summed E-state index contributed by atoms with van der Waals surface area (Å²) >= 11 is 1.84. The van der Waals surface area contributed by atoms with Crippen LogP contribution in [-0.2, 0) is 0 Å². The van der Waals surface area contributed by atoms with Gasteiger partial charge >= 0.3 is 0 Å². The zero-order valence-electron chi connectivity index (χ0n) is 30.1. The molecule has 3 aromatic heterocycles. The molecule has 11 aromatic rings. The summed E-state index contributed by atoms with van der Waals surface area (Å²) in [6.07, 6.45) is 0. The normalized spacial score (nSPS) is 11.6.